The fourth-order valence-electron chi connectivity index (χ4n) is 2.08. The van der Waals surface area contributed by atoms with Gasteiger partial charge < -0.3 is 20.3 Å². The van der Waals surface area contributed by atoms with Crippen molar-refractivity contribution in [2.24, 2.45) is 0 Å². The summed E-state index contributed by atoms with van der Waals surface area (Å²) in [5, 5.41) is 18.8. The third-order valence-corrected chi connectivity index (χ3v) is 3.21. The van der Waals surface area contributed by atoms with Crippen molar-refractivity contribution >= 4 is 17.4 Å². The maximum Gasteiger partial charge on any atom is 0.323 e. The molecule has 0 spiro atoms. The van der Waals surface area contributed by atoms with Crippen LogP contribution >= 0.6 is 0 Å². The first-order chi connectivity index (χ1) is 10.0. The van der Waals surface area contributed by atoms with Crippen LogP contribution in [0.1, 0.15) is 30.9 Å². The molecule has 3 N–H and O–H groups in total. The van der Waals surface area contributed by atoms with Crippen LogP contribution in [-0.4, -0.2) is 16.3 Å². The van der Waals surface area contributed by atoms with Crippen LogP contribution in [-0.2, 0) is 12.8 Å². The molecular formula is C15H19N3O3. The first kappa shape index (κ1) is 14.9. The van der Waals surface area contributed by atoms with Crippen molar-refractivity contribution in [3.05, 3.63) is 35.2 Å². The molecule has 0 aliphatic heterocycles. The van der Waals surface area contributed by atoms with Crippen molar-refractivity contribution < 1.29 is 14.4 Å². The van der Waals surface area contributed by atoms with E-state index in [0.29, 0.717) is 35.7 Å². The number of rotatable bonds is 4. The average molecular weight is 289 g/mol. The number of carbonyl (C=O) groups excluding carboxylic acids is 1. The summed E-state index contributed by atoms with van der Waals surface area (Å²) in [5.41, 5.74) is 2.78. The van der Waals surface area contributed by atoms with Crippen LogP contribution in [0, 0.1) is 6.92 Å². The van der Waals surface area contributed by atoms with Crippen LogP contribution < -0.4 is 10.6 Å². The summed E-state index contributed by atoms with van der Waals surface area (Å²) in [6.45, 7) is 5.66. The maximum absolute atomic E-state index is 12.1. The van der Waals surface area contributed by atoms with Crippen LogP contribution in [0.25, 0.3) is 0 Å². The molecule has 0 fully saturated rings. The number of aromatic nitrogens is 1. The van der Waals surface area contributed by atoms with Gasteiger partial charge in [-0.3, -0.25) is 0 Å². The van der Waals surface area contributed by atoms with Gasteiger partial charge in [-0.1, -0.05) is 19.0 Å². The smallest absolute Gasteiger partial charge is 0.323 e. The van der Waals surface area contributed by atoms with Crippen LogP contribution in [0.15, 0.2) is 22.7 Å². The number of phenols is 1. The molecule has 2 aromatic rings. The van der Waals surface area contributed by atoms with E-state index < -0.39 is 0 Å². The lowest BCUT2D eigenvalue weighted by Crippen LogP contribution is -2.21. The number of hydrogen-bond acceptors (Lipinski definition) is 4. The summed E-state index contributed by atoms with van der Waals surface area (Å²) in [7, 11) is 0. The molecule has 112 valence electrons. The first-order valence-electron chi connectivity index (χ1n) is 6.90. The highest BCUT2D eigenvalue weighted by atomic mass is 16.5. The lowest BCUT2D eigenvalue weighted by molar-refractivity contribution is 0.262. The Hall–Kier alpha value is -2.50. The third kappa shape index (κ3) is 3.34. The number of amides is 2. The highest BCUT2D eigenvalue weighted by Gasteiger charge is 2.15. The molecule has 0 aliphatic rings. The fraction of sp³-hybridized carbons (Fsp3) is 0.333. The van der Waals surface area contributed by atoms with E-state index in [0.717, 1.165) is 5.56 Å². The second-order valence-corrected chi connectivity index (χ2v) is 4.69. The van der Waals surface area contributed by atoms with Crippen LogP contribution in [0.5, 0.6) is 5.75 Å². The van der Waals surface area contributed by atoms with Crippen molar-refractivity contribution in [1.29, 1.82) is 0 Å². The van der Waals surface area contributed by atoms with Crippen molar-refractivity contribution in [1.82, 2.24) is 5.16 Å². The number of phenolic OH excluding ortho intramolecular Hbond substituents is 1. The molecule has 6 nitrogen and oxygen atoms in total. The molecule has 0 bridgehead atoms. The van der Waals surface area contributed by atoms with Gasteiger partial charge >= 0.3 is 6.03 Å². The Balaban J connectivity index is 2.13. The van der Waals surface area contributed by atoms with Gasteiger partial charge in [-0.15, -0.1) is 0 Å². The minimum absolute atomic E-state index is 0.181. The molecule has 0 radical (unpaired) electrons. The maximum atomic E-state index is 12.1. The lowest BCUT2D eigenvalue weighted by Gasteiger charge is -2.11. The van der Waals surface area contributed by atoms with E-state index in [1.54, 1.807) is 19.1 Å². The summed E-state index contributed by atoms with van der Waals surface area (Å²) < 4.78 is 5.13. The molecule has 0 aliphatic carbocycles. The highest BCUT2D eigenvalue weighted by Crippen LogP contribution is 2.23. The molecule has 6 heteroatoms. The van der Waals surface area contributed by atoms with E-state index in [1.165, 1.54) is 6.07 Å². The zero-order valence-corrected chi connectivity index (χ0v) is 12.4. The van der Waals surface area contributed by atoms with Gasteiger partial charge in [0.25, 0.3) is 0 Å². The quantitative estimate of drug-likeness (QED) is 0.752. The van der Waals surface area contributed by atoms with Gasteiger partial charge in [-0.25, -0.2) is 4.79 Å². The summed E-state index contributed by atoms with van der Waals surface area (Å²) >= 11 is 0. The number of aryl methyl sites for hydroxylation is 3. The molecule has 2 rings (SSSR count). The second-order valence-electron chi connectivity index (χ2n) is 4.69. The van der Waals surface area contributed by atoms with Gasteiger partial charge in [-0.2, -0.15) is 0 Å². The molecule has 0 unspecified atom stereocenters. The normalized spacial score (nSPS) is 10.4. The molecule has 2 amide bonds. The molecule has 0 saturated heterocycles. The van der Waals surface area contributed by atoms with E-state index in [9.17, 15) is 9.90 Å². The molecule has 1 aromatic heterocycles. The molecule has 0 saturated carbocycles. The van der Waals surface area contributed by atoms with Gasteiger partial charge in [0.15, 0.2) is 5.76 Å². The molecule has 0 atom stereocenters. The largest absolute Gasteiger partial charge is 0.508 e. The number of benzene rings is 1. The minimum Gasteiger partial charge on any atom is -0.508 e. The minimum atomic E-state index is -0.364. The summed E-state index contributed by atoms with van der Waals surface area (Å²) in [4.78, 5) is 12.1. The SMILES string of the molecule is CCc1cc(O)ccc1NC(=O)Nc1c(C)noc1CC. The van der Waals surface area contributed by atoms with E-state index in [2.05, 4.69) is 15.8 Å². The predicted octanol–water partition coefficient (Wildman–Crippen LogP) is 3.46. The topological polar surface area (TPSA) is 87.4 Å². The average Bonchev–Trinajstić information content (AvgIpc) is 2.81. The van der Waals surface area contributed by atoms with Gasteiger partial charge in [0.1, 0.15) is 17.1 Å². The van der Waals surface area contributed by atoms with E-state index in [1.807, 2.05) is 13.8 Å². The molecular weight excluding hydrogens is 270 g/mol. The number of carbonyl (C=O) groups is 1. The van der Waals surface area contributed by atoms with E-state index in [-0.39, 0.29) is 11.8 Å². The van der Waals surface area contributed by atoms with Crippen molar-refractivity contribution in [2.45, 2.75) is 33.6 Å². The zero-order chi connectivity index (χ0) is 15.4. The number of nitrogens with one attached hydrogen (secondary N) is 2. The van der Waals surface area contributed by atoms with Crippen molar-refractivity contribution in [2.75, 3.05) is 10.6 Å². The van der Waals surface area contributed by atoms with Crippen LogP contribution in [0.4, 0.5) is 16.2 Å². The monoisotopic (exact) mass is 289 g/mol. The van der Waals surface area contributed by atoms with E-state index in [4.69, 9.17) is 4.52 Å². The van der Waals surface area contributed by atoms with Gasteiger partial charge in [0, 0.05) is 12.1 Å². The fourth-order valence-corrected chi connectivity index (χ4v) is 2.08. The molecule has 1 heterocycles. The van der Waals surface area contributed by atoms with E-state index >= 15 is 0 Å². The Morgan fingerprint density at radius 1 is 1.29 bits per heavy atom. The van der Waals surface area contributed by atoms with Crippen molar-refractivity contribution in [3.8, 4) is 5.75 Å². The summed E-state index contributed by atoms with van der Waals surface area (Å²) in [5.74, 6) is 0.824. The Morgan fingerprint density at radius 3 is 2.71 bits per heavy atom. The third-order valence-electron chi connectivity index (χ3n) is 3.21. The summed E-state index contributed by atoms with van der Waals surface area (Å²) in [6.07, 6.45) is 1.35. The number of hydrogen-bond donors (Lipinski definition) is 3. The number of urea groups is 1. The Kier molecular flexibility index (Phi) is 4.47. The van der Waals surface area contributed by atoms with Crippen molar-refractivity contribution in [3.63, 3.8) is 0 Å². The lowest BCUT2D eigenvalue weighted by atomic mass is 10.1. The standard InChI is InChI=1S/C15H19N3O3/c1-4-10-8-11(19)6-7-12(10)16-15(20)17-14-9(3)18-21-13(14)5-2/h6-8,19H,4-5H2,1-3H3,(H2,16,17,20). The molecule has 21 heavy (non-hydrogen) atoms. The van der Waals surface area contributed by atoms with Crippen LogP contribution in [0.2, 0.25) is 0 Å². The molecule has 1 aromatic carbocycles. The van der Waals surface area contributed by atoms with Gasteiger partial charge in [0.05, 0.1) is 0 Å². The Bertz CT molecular complexity index is 650. The summed E-state index contributed by atoms with van der Waals surface area (Å²) in [6, 6.07) is 4.49. The number of anilines is 2. The van der Waals surface area contributed by atoms with Gasteiger partial charge in [-0.05, 0) is 37.1 Å². The predicted molar refractivity (Wildman–Crippen MR) is 80.7 cm³/mol. The highest BCUT2D eigenvalue weighted by molar-refractivity contribution is 6.00. The zero-order valence-electron chi connectivity index (χ0n) is 12.4. The number of aromatic hydroxyl groups is 1. The second kappa shape index (κ2) is 6.30. The van der Waals surface area contributed by atoms with Crippen LogP contribution in [0.3, 0.4) is 0 Å². The van der Waals surface area contributed by atoms with Gasteiger partial charge in [0.2, 0.25) is 0 Å². The number of nitrogens with zero attached hydrogens (tertiary/aromatic N) is 1. The first-order valence-corrected chi connectivity index (χ1v) is 6.90. The Morgan fingerprint density at radius 2 is 2.05 bits per heavy atom. The Labute approximate surface area is 123 Å².